The molecule has 2 heterocycles. The fraction of sp³-hybridized carbons (Fsp3) is 0.308. The van der Waals surface area contributed by atoms with Crippen molar-refractivity contribution < 1.29 is 18.8 Å². The van der Waals surface area contributed by atoms with Crippen LogP contribution in [0.5, 0.6) is 0 Å². The van der Waals surface area contributed by atoms with Gasteiger partial charge in [-0.3, -0.25) is 9.59 Å². The SMILES string of the molecule is CCSN1C(=O)C(=Cc2ccco2)C(=O)N(SCC)C1=O. The van der Waals surface area contributed by atoms with Crippen LogP contribution in [0, 0.1) is 0 Å². The summed E-state index contributed by atoms with van der Waals surface area (Å²) in [5, 5.41) is 0. The molecular weight excluding hydrogens is 312 g/mol. The third-order valence-electron chi connectivity index (χ3n) is 2.52. The van der Waals surface area contributed by atoms with E-state index in [-0.39, 0.29) is 5.57 Å². The van der Waals surface area contributed by atoms with Crippen molar-refractivity contribution in [1.29, 1.82) is 0 Å². The molecule has 0 spiro atoms. The van der Waals surface area contributed by atoms with Crippen molar-refractivity contribution in [3.8, 4) is 0 Å². The highest BCUT2D eigenvalue weighted by Crippen LogP contribution is 2.29. The summed E-state index contributed by atoms with van der Waals surface area (Å²) in [6, 6.07) is 2.69. The van der Waals surface area contributed by atoms with Crippen molar-refractivity contribution in [1.82, 2.24) is 8.61 Å². The zero-order valence-corrected chi connectivity index (χ0v) is 13.2. The molecule has 0 aliphatic carbocycles. The van der Waals surface area contributed by atoms with Gasteiger partial charge >= 0.3 is 6.03 Å². The van der Waals surface area contributed by atoms with Crippen molar-refractivity contribution in [2.75, 3.05) is 11.5 Å². The fourth-order valence-electron chi connectivity index (χ4n) is 1.69. The van der Waals surface area contributed by atoms with Gasteiger partial charge in [0.2, 0.25) is 0 Å². The van der Waals surface area contributed by atoms with Crippen LogP contribution in [0.4, 0.5) is 4.79 Å². The lowest BCUT2D eigenvalue weighted by molar-refractivity contribution is -0.129. The molecule has 1 aromatic rings. The van der Waals surface area contributed by atoms with Crippen LogP contribution in [-0.4, -0.2) is 38.0 Å². The number of hydrogen-bond acceptors (Lipinski definition) is 6. The quantitative estimate of drug-likeness (QED) is 0.471. The van der Waals surface area contributed by atoms with Crippen LogP contribution in [0.1, 0.15) is 19.6 Å². The first-order chi connectivity index (χ1) is 10.1. The molecule has 21 heavy (non-hydrogen) atoms. The molecule has 0 saturated carbocycles. The van der Waals surface area contributed by atoms with Gasteiger partial charge in [0.05, 0.1) is 6.26 Å². The number of hydrogen-bond donors (Lipinski definition) is 0. The van der Waals surface area contributed by atoms with Crippen molar-refractivity contribution in [3.63, 3.8) is 0 Å². The van der Waals surface area contributed by atoms with Gasteiger partial charge in [0.25, 0.3) is 11.8 Å². The Labute approximate surface area is 130 Å². The van der Waals surface area contributed by atoms with E-state index >= 15 is 0 Å². The molecule has 8 heteroatoms. The predicted octanol–water partition coefficient (Wildman–Crippen LogP) is 2.79. The van der Waals surface area contributed by atoms with Crippen LogP contribution in [0.3, 0.4) is 0 Å². The summed E-state index contributed by atoms with van der Waals surface area (Å²) in [7, 11) is 0. The monoisotopic (exact) mass is 326 g/mol. The summed E-state index contributed by atoms with van der Waals surface area (Å²) in [5.74, 6) is 0.264. The van der Waals surface area contributed by atoms with Crippen LogP contribution >= 0.6 is 23.9 Å². The van der Waals surface area contributed by atoms with Crippen LogP contribution in [-0.2, 0) is 9.59 Å². The van der Waals surface area contributed by atoms with Gasteiger partial charge in [0, 0.05) is 11.5 Å². The van der Waals surface area contributed by atoms with Gasteiger partial charge < -0.3 is 4.42 Å². The number of barbiturate groups is 1. The van der Waals surface area contributed by atoms with E-state index in [1.54, 1.807) is 12.1 Å². The maximum absolute atomic E-state index is 12.3. The van der Waals surface area contributed by atoms with Gasteiger partial charge in [-0.1, -0.05) is 13.8 Å². The normalized spacial score (nSPS) is 15.9. The molecule has 4 amide bonds. The van der Waals surface area contributed by atoms with Crippen molar-refractivity contribution in [2.45, 2.75) is 13.8 Å². The summed E-state index contributed by atoms with van der Waals surface area (Å²) >= 11 is 2.14. The Morgan fingerprint density at radius 2 is 1.67 bits per heavy atom. The van der Waals surface area contributed by atoms with Crippen molar-refractivity contribution >= 4 is 47.8 Å². The average Bonchev–Trinajstić information content (AvgIpc) is 2.97. The number of amides is 4. The molecule has 0 unspecified atom stereocenters. The molecule has 0 bridgehead atoms. The van der Waals surface area contributed by atoms with Crippen molar-refractivity contribution in [3.05, 3.63) is 29.7 Å². The second-order valence-corrected chi connectivity index (χ2v) is 6.29. The Kier molecular flexibility index (Phi) is 5.13. The third-order valence-corrected chi connectivity index (χ3v) is 4.20. The van der Waals surface area contributed by atoms with E-state index in [0.29, 0.717) is 17.3 Å². The second-order valence-electron chi connectivity index (χ2n) is 3.89. The zero-order chi connectivity index (χ0) is 15.4. The van der Waals surface area contributed by atoms with Gasteiger partial charge in [-0.05, 0) is 42.1 Å². The van der Waals surface area contributed by atoms with E-state index < -0.39 is 17.8 Å². The standard InChI is InChI=1S/C13H14N2O4S2/c1-3-20-14-11(16)10(8-9-6-5-7-19-9)12(17)15(13(14)18)21-4-2/h5-8H,3-4H2,1-2H3. The zero-order valence-electron chi connectivity index (χ0n) is 11.6. The highest BCUT2D eigenvalue weighted by Gasteiger charge is 2.42. The summed E-state index contributed by atoms with van der Waals surface area (Å²) < 4.78 is 7.16. The summed E-state index contributed by atoms with van der Waals surface area (Å²) in [6.45, 7) is 3.66. The maximum Gasteiger partial charge on any atom is 0.354 e. The van der Waals surface area contributed by atoms with E-state index in [1.807, 2.05) is 13.8 Å². The Morgan fingerprint density at radius 1 is 1.10 bits per heavy atom. The molecule has 1 aromatic heterocycles. The lowest BCUT2D eigenvalue weighted by Crippen LogP contribution is -2.50. The van der Waals surface area contributed by atoms with Crippen LogP contribution in [0.2, 0.25) is 0 Å². The topological polar surface area (TPSA) is 70.8 Å². The van der Waals surface area contributed by atoms with E-state index in [9.17, 15) is 14.4 Å². The molecule has 1 saturated heterocycles. The van der Waals surface area contributed by atoms with Crippen LogP contribution < -0.4 is 0 Å². The molecule has 0 N–H and O–H groups in total. The molecule has 2 rings (SSSR count). The predicted molar refractivity (Wildman–Crippen MR) is 82.0 cm³/mol. The number of carbonyl (C=O) groups excluding carboxylic acids is 3. The lowest BCUT2D eigenvalue weighted by atomic mass is 10.1. The fourth-order valence-corrected chi connectivity index (χ4v) is 3.07. The highest BCUT2D eigenvalue weighted by atomic mass is 32.2. The van der Waals surface area contributed by atoms with Gasteiger partial charge in [-0.25, -0.2) is 4.79 Å². The number of rotatable bonds is 5. The number of imide groups is 2. The molecule has 6 nitrogen and oxygen atoms in total. The number of carbonyl (C=O) groups is 3. The smallest absolute Gasteiger partial charge is 0.354 e. The molecule has 1 fully saturated rings. The Morgan fingerprint density at radius 3 is 2.10 bits per heavy atom. The average molecular weight is 326 g/mol. The molecule has 0 radical (unpaired) electrons. The first kappa shape index (κ1) is 15.7. The van der Waals surface area contributed by atoms with Gasteiger partial charge in [-0.15, -0.1) is 0 Å². The van der Waals surface area contributed by atoms with Crippen molar-refractivity contribution in [2.24, 2.45) is 0 Å². The first-order valence-electron chi connectivity index (χ1n) is 6.34. The number of urea groups is 1. The van der Waals surface area contributed by atoms with E-state index in [2.05, 4.69) is 0 Å². The minimum atomic E-state index is -0.611. The Balaban J connectivity index is 2.40. The minimum Gasteiger partial charge on any atom is -0.465 e. The van der Waals surface area contributed by atoms with Crippen LogP contribution in [0.15, 0.2) is 28.4 Å². The summed E-state index contributed by atoms with van der Waals surface area (Å²) in [6.07, 6.45) is 2.82. The maximum atomic E-state index is 12.3. The molecule has 1 aliphatic heterocycles. The van der Waals surface area contributed by atoms with E-state index in [0.717, 1.165) is 32.5 Å². The van der Waals surface area contributed by atoms with Crippen LogP contribution in [0.25, 0.3) is 6.08 Å². The molecule has 112 valence electrons. The molecule has 0 aromatic carbocycles. The highest BCUT2D eigenvalue weighted by molar-refractivity contribution is 7.99. The number of furan rings is 1. The van der Waals surface area contributed by atoms with Gasteiger partial charge in [0.15, 0.2) is 0 Å². The largest absolute Gasteiger partial charge is 0.465 e. The third kappa shape index (κ3) is 3.16. The molecule has 1 aliphatic rings. The summed E-state index contributed by atoms with van der Waals surface area (Å²) in [5.41, 5.74) is -0.0774. The molecular formula is C13H14N2O4S2. The Hall–Kier alpha value is -1.67. The van der Waals surface area contributed by atoms with E-state index in [4.69, 9.17) is 4.42 Å². The molecule has 0 atom stereocenters. The first-order valence-corrected chi connectivity index (χ1v) is 8.22. The number of nitrogens with zero attached hydrogens (tertiary/aromatic N) is 2. The van der Waals surface area contributed by atoms with E-state index in [1.165, 1.54) is 12.3 Å². The minimum absolute atomic E-state index is 0.0774. The van der Waals surface area contributed by atoms with Gasteiger partial charge in [0.1, 0.15) is 11.3 Å². The summed E-state index contributed by atoms with van der Waals surface area (Å²) in [4.78, 5) is 36.9. The Bertz CT molecular complexity index is 553. The lowest BCUT2D eigenvalue weighted by Gasteiger charge is -2.31. The second kappa shape index (κ2) is 6.86. The van der Waals surface area contributed by atoms with Gasteiger partial charge in [-0.2, -0.15) is 8.61 Å².